The van der Waals surface area contributed by atoms with Crippen LogP contribution in [0.25, 0.3) is 11.1 Å². The molecule has 0 heterocycles. The molecule has 3 rings (SSSR count). The third-order valence-electron chi connectivity index (χ3n) is 4.28. The maximum atomic E-state index is 12.2. The van der Waals surface area contributed by atoms with Gasteiger partial charge in [-0.05, 0) is 54.4 Å². The highest BCUT2D eigenvalue weighted by Gasteiger charge is 2.09. The molecule has 2 N–H and O–H groups in total. The minimum Gasteiger partial charge on any atom is -0.484 e. The minimum absolute atomic E-state index is 0.0583. The lowest BCUT2D eigenvalue weighted by atomic mass is 10.1. The first-order valence-corrected chi connectivity index (χ1v) is 10.2. The standard InChI is InChI=1S/C24H23ClN2O4/c1-2-26-23(28)15-30-20-11-9-19(10-12-20)27-24(29)16-31-22-13-8-18(14-21(22)25)17-6-4-3-5-7-17/h3-14H,2,15-16H2,1H3,(H,26,28)(H,27,29). The molecule has 0 aromatic heterocycles. The van der Waals surface area contributed by atoms with Gasteiger partial charge < -0.3 is 20.1 Å². The SMILES string of the molecule is CCNC(=O)COc1ccc(NC(=O)COc2ccc(-c3ccccc3)cc2Cl)cc1. The van der Waals surface area contributed by atoms with Gasteiger partial charge in [-0.25, -0.2) is 0 Å². The van der Waals surface area contributed by atoms with E-state index in [1.807, 2.05) is 49.4 Å². The first-order valence-electron chi connectivity index (χ1n) is 9.82. The highest BCUT2D eigenvalue weighted by atomic mass is 35.5. The van der Waals surface area contributed by atoms with Crippen LogP contribution in [0.5, 0.6) is 11.5 Å². The number of anilines is 1. The summed E-state index contributed by atoms with van der Waals surface area (Å²) < 4.78 is 10.9. The molecule has 160 valence electrons. The fourth-order valence-electron chi connectivity index (χ4n) is 2.80. The number of hydrogen-bond acceptors (Lipinski definition) is 4. The largest absolute Gasteiger partial charge is 0.484 e. The molecule has 0 unspecified atom stereocenters. The lowest BCUT2D eigenvalue weighted by Gasteiger charge is -2.11. The number of ether oxygens (including phenoxy) is 2. The molecule has 3 aromatic rings. The predicted octanol–water partition coefficient (Wildman–Crippen LogP) is 4.54. The van der Waals surface area contributed by atoms with Crippen LogP contribution < -0.4 is 20.1 Å². The highest BCUT2D eigenvalue weighted by molar-refractivity contribution is 6.32. The molecule has 0 atom stereocenters. The summed E-state index contributed by atoms with van der Waals surface area (Å²) in [6, 6.07) is 22.0. The monoisotopic (exact) mass is 438 g/mol. The third kappa shape index (κ3) is 6.76. The molecule has 31 heavy (non-hydrogen) atoms. The Morgan fingerprint density at radius 1 is 0.839 bits per heavy atom. The molecule has 7 heteroatoms. The van der Waals surface area contributed by atoms with Crippen LogP contribution in [0.1, 0.15) is 6.92 Å². The Morgan fingerprint density at radius 2 is 1.55 bits per heavy atom. The van der Waals surface area contributed by atoms with Crippen LogP contribution in [0.3, 0.4) is 0 Å². The first-order chi connectivity index (χ1) is 15.0. The number of carbonyl (C=O) groups excluding carboxylic acids is 2. The number of carbonyl (C=O) groups is 2. The van der Waals surface area contributed by atoms with E-state index in [0.717, 1.165) is 11.1 Å². The van der Waals surface area contributed by atoms with Gasteiger partial charge in [0.05, 0.1) is 5.02 Å². The molecule has 0 aliphatic rings. The molecule has 2 amide bonds. The average Bonchev–Trinajstić information content (AvgIpc) is 2.78. The van der Waals surface area contributed by atoms with E-state index in [0.29, 0.717) is 28.8 Å². The molecular formula is C24H23ClN2O4. The van der Waals surface area contributed by atoms with Gasteiger partial charge in [0.15, 0.2) is 13.2 Å². The number of likely N-dealkylation sites (N-methyl/N-ethyl adjacent to an activating group) is 1. The Hall–Kier alpha value is -3.51. The number of rotatable bonds is 9. The molecular weight excluding hydrogens is 416 g/mol. The topological polar surface area (TPSA) is 76.7 Å². The maximum absolute atomic E-state index is 12.2. The average molecular weight is 439 g/mol. The number of hydrogen-bond donors (Lipinski definition) is 2. The number of halogens is 1. The zero-order valence-electron chi connectivity index (χ0n) is 17.1. The van der Waals surface area contributed by atoms with Crippen molar-refractivity contribution in [2.45, 2.75) is 6.92 Å². The van der Waals surface area contributed by atoms with Gasteiger partial charge in [-0.3, -0.25) is 9.59 Å². The van der Waals surface area contributed by atoms with Crippen molar-refractivity contribution >= 4 is 29.1 Å². The van der Waals surface area contributed by atoms with Crippen molar-refractivity contribution in [1.29, 1.82) is 0 Å². The van der Waals surface area contributed by atoms with Gasteiger partial charge in [0, 0.05) is 12.2 Å². The fraction of sp³-hybridized carbons (Fsp3) is 0.167. The Kier molecular flexibility index (Phi) is 7.90. The smallest absolute Gasteiger partial charge is 0.262 e. The highest BCUT2D eigenvalue weighted by Crippen LogP contribution is 2.30. The summed E-state index contributed by atoms with van der Waals surface area (Å²) in [6.07, 6.45) is 0. The van der Waals surface area contributed by atoms with E-state index in [9.17, 15) is 9.59 Å². The van der Waals surface area contributed by atoms with E-state index in [-0.39, 0.29) is 25.0 Å². The normalized spacial score (nSPS) is 10.3. The van der Waals surface area contributed by atoms with E-state index in [1.54, 1.807) is 30.3 Å². The molecule has 6 nitrogen and oxygen atoms in total. The lowest BCUT2D eigenvalue weighted by Crippen LogP contribution is -2.28. The molecule has 0 saturated carbocycles. The van der Waals surface area contributed by atoms with Crippen molar-refractivity contribution < 1.29 is 19.1 Å². The van der Waals surface area contributed by atoms with Crippen molar-refractivity contribution in [1.82, 2.24) is 5.32 Å². The molecule has 0 aliphatic carbocycles. The van der Waals surface area contributed by atoms with Gasteiger partial charge in [-0.1, -0.05) is 48.0 Å². The third-order valence-corrected chi connectivity index (χ3v) is 4.58. The van der Waals surface area contributed by atoms with E-state index in [1.165, 1.54) is 0 Å². The minimum atomic E-state index is -0.320. The zero-order chi connectivity index (χ0) is 22.1. The maximum Gasteiger partial charge on any atom is 0.262 e. The van der Waals surface area contributed by atoms with Gasteiger partial charge >= 0.3 is 0 Å². The van der Waals surface area contributed by atoms with Crippen LogP contribution in [0.4, 0.5) is 5.69 Å². The van der Waals surface area contributed by atoms with E-state index in [4.69, 9.17) is 21.1 Å². The second-order valence-electron chi connectivity index (χ2n) is 6.61. The Morgan fingerprint density at radius 3 is 2.23 bits per heavy atom. The Bertz CT molecular complexity index is 1020. The zero-order valence-corrected chi connectivity index (χ0v) is 17.8. The van der Waals surface area contributed by atoms with E-state index < -0.39 is 0 Å². The molecule has 3 aromatic carbocycles. The van der Waals surface area contributed by atoms with Crippen molar-refractivity contribution in [2.75, 3.05) is 25.1 Å². The molecule has 0 bridgehead atoms. The van der Waals surface area contributed by atoms with Gasteiger partial charge in [0.1, 0.15) is 11.5 Å². The Labute approximate surface area is 186 Å². The molecule has 0 saturated heterocycles. The molecule has 0 aliphatic heterocycles. The number of amides is 2. The van der Waals surface area contributed by atoms with Crippen LogP contribution in [0.2, 0.25) is 5.02 Å². The molecule has 0 radical (unpaired) electrons. The Balaban J connectivity index is 1.49. The van der Waals surface area contributed by atoms with E-state index >= 15 is 0 Å². The summed E-state index contributed by atoms with van der Waals surface area (Å²) in [5, 5.41) is 5.82. The van der Waals surface area contributed by atoms with Crippen LogP contribution in [-0.2, 0) is 9.59 Å². The van der Waals surface area contributed by atoms with Crippen LogP contribution in [-0.4, -0.2) is 31.6 Å². The number of benzene rings is 3. The van der Waals surface area contributed by atoms with Crippen LogP contribution >= 0.6 is 11.6 Å². The lowest BCUT2D eigenvalue weighted by molar-refractivity contribution is -0.123. The summed E-state index contributed by atoms with van der Waals surface area (Å²) >= 11 is 6.31. The fourth-order valence-corrected chi connectivity index (χ4v) is 3.04. The predicted molar refractivity (Wildman–Crippen MR) is 122 cm³/mol. The van der Waals surface area contributed by atoms with Crippen LogP contribution in [0.15, 0.2) is 72.8 Å². The van der Waals surface area contributed by atoms with Crippen molar-refractivity contribution in [3.63, 3.8) is 0 Å². The van der Waals surface area contributed by atoms with Gasteiger partial charge in [-0.2, -0.15) is 0 Å². The summed E-state index contributed by atoms with van der Waals surface area (Å²) in [4.78, 5) is 23.6. The van der Waals surface area contributed by atoms with Crippen molar-refractivity contribution in [2.24, 2.45) is 0 Å². The summed E-state index contributed by atoms with van der Waals surface area (Å²) in [6.45, 7) is 2.15. The summed E-state index contributed by atoms with van der Waals surface area (Å²) in [5.41, 5.74) is 2.61. The van der Waals surface area contributed by atoms with Gasteiger partial charge in [-0.15, -0.1) is 0 Å². The first kappa shape index (κ1) is 22.2. The quantitative estimate of drug-likeness (QED) is 0.514. The summed E-state index contributed by atoms with van der Waals surface area (Å²) in [5.74, 6) is 0.461. The van der Waals surface area contributed by atoms with Gasteiger partial charge in [0.25, 0.3) is 11.8 Å². The molecule has 0 fully saturated rings. The van der Waals surface area contributed by atoms with Crippen molar-refractivity contribution in [3.8, 4) is 22.6 Å². The van der Waals surface area contributed by atoms with E-state index in [2.05, 4.69) is 10.6 Å². The molecule has 0 spiro atoms. The second kappa shape index (κ2) is 11.0. The number of nitrogens with one attached hydrogen (secondary N) is 2. The summed E-state index contributed by atoms with van der Waals surface area (Å²) in [7, 11) is 0. The van der Waals surface area contributed by atoms with Crippen molar-refractivity contribution in [3.05, 3.63) is 77.8 Å². The second-order valence-corrected chi connectivity index (χ2v) is 7.02. The van der Waals surface area contributed by atoms with Crippen LogP contribution in [0, 0.1) is 0 Å². The van der Waals surface area contributed by atoms with Gasteiger partial charge in [0.2, 0.25) is 0 Å².